The van der Waals surface area contributed by atoms with Crippen molar-refractivity contribution >= 4 is 14.2 Å². The number of benzene rings is 1. The van der Waals surface area contributed by atoms with Crippen LogP contribution in [0.5, 0.6) is 0 Å². The second-order valence-corrected chi connectivity index (χ2v) is 12.7. The van der Waals surface area contributed by atoms with Gasteiger partial charge in [0.25, 0.3) is 5.91 Å². The minimum atomic E-state index is -1.92. The SMILES string of the molecule is C[C@H]1CN(Cc2ccccc2)C(=O)[C@H]1O[Si](C)(C)C(C)(C)C. The molecule has 0 N–H and O–H groups in total. The smallest absolute Gasteiger partial charge is 0.251 e. The van der Waals surface area contributed by atoms with Crippen molar-refractivity contribution in [3.63, 3.8) is 0 Å². The van der Waals surface area contributed by atoms with Crippen LogP contribution in [0.4, 0.5) is 0 Å². The lowest BCUT2D eigenvalue weighted by atomic mass is 10.1. The van der Waals surface area contributed by atoms with E-state index < -0.39 is 8.32 Å². The van der Waals surface area contributed by atoms with Gasteiger partial charge < -0.3 is 9.33 Å². The van der Waals surface area contributed by atoms with Crippen molar-refractivity contribution in [2.45, 2.75) is 58.5 Å². The van der Waals surface area contributed by atoms with E-state index in [4.69, 9.17) is 4.43 Å². The molecule has 1 saturated heterocycles. The van der Waals surface area contributed by atoms with Gasteiger partial charge in [0.05, 0.1) is 0 Å². The highest BCUT2D eigenvalue weighted by atomic mass is 28.4. The maximum Gasteiger partial charge on any atom is 0.251 e. The van der Waals surface area contributed by atoms with E-state index in [1.54, 1.807) is 0 Å². The molecular weight excluding hydrogens is 290 g/mol. The molecule has 0 unspecified atom stereocenters. The summed E-state index contributed by atoms with van der Waals surface area (Å²) in [7, 11) is -1.92. The third-order valence-corrected chi connectivity index (χ3v) is 9.48. The van der Waals surface area contributed by atoms with Gasteiger partial charge >= 0.3 is 0 Å². The maximum atomic E-state index is 12.7. The Morgan fingerprint density at radius 3 is 2.36 bits per heavy atom. The normalized spacial score (nSPS) is 23.2. The molecule has 4 heteroatoms. The van der Waals surface area contributed by atoms with Crippen LogP contribution in [-0.4, -0.2) is 31.8 Å². The average molecular weight is 320 g/mol. The summed E-state index contributed by atoms with van der Waals surface area (Å²) in [6.45, 7) is 14.7. The van der Waals surface area contributed by atoms with Gasteiger partial charge in [-0.15, -0.1) is 0 Å². The molecule has 1 aliphatic heterocycles. The van der Waals surface area contributed by atoms with Crippen LogP contribution in [0, 0.1) is 5.92 Å². The van der Waals surface area contributed by atoms with Crippen LogP contribution in [0.2, 0.25) is 18.1 Å². The number of hydrogen-bond donors (Lipinski definition) is 0. The molecule has 0 radical (unpaired) electrons. The number of amides is 1. The average Bonchev–Trinajstić information content (AvgIpc) is 2.66. The van der Waals surface area contributed by atoms with Gasteiger partial charge in [-0.3, -0.25) is 4.79 Å². The molecule has 2 atom stereocenters. The van der Waals surface area contributed by atoms with Crippen LogP contribution < -0.4 is 0 Å². The number of nitrogens with zero attached hydrogens (tertiary/aromatic N) is 1. The van der Waals surface area contributed by atoms with Crippen LogP contribution in [0.1, 0.15) is 33.3 Å². The van der Waals surface area contributed by atoms with E-state index in [0.717, 1.165) is 6.54 Å². The summed E-state index contributed by atoms with van der Waals surface area (Å²) in [4.78, 5) is 14.7. The lowest BCUT2D eigenvalue weighted by Gasteiger charge is -2.38. The zero-order valence-corrected chi connectivity index (χ0v) is 15.7. The van der Waals surface area contributed by atoms with E-state index in [1.807, 2.05) is 23.1 Å². The van der Waals surface area contributed by atoms with Gasteiger partial charge in [-0.05, 0) is 23.7 Å². The van der Waals surface area contributed by atoms with Gasteiger partial charge in [0, 0.05) is 19.0 Å². The van der Waals surface area contributed by atoms with Crippen LogP contribution in [0.25, 0.3) is 0 Å². The summed E-state index contributed by atoms with van der Waals surface area (Å²) in [5.74, 6) is 0.409. The Hall–Kier alpha value is -1.13. The molecule has 0 spiro atoms. The lowest BCUT2D eigenvalue weighted by molar-refractivity contribution is -0.134. The van der Waals surface area contributed by atoms with E-state index in [-0.39, 0.29) is 23.0 Å². The van der Waals surface area contributed by atoms with Gasteiger partial charge in [-0.25, -0.2) is 0 Å². The fourth-order valence-electron chi connectivity index (χ4n) is 2.56. The number of carbonyl (C=O) groups is 1. The van der Waals surface area contributed by atoms with Crippen molar-refractivity contribution in [2.75, 3.05) is 6.54 Å². The third kappa shape index (κ3) is 3.61. The Bertz CT molecular complexity index is 522. The fourth-order valence-corrected chi connectivity index (χ4v) is 3.89. The van der Waals surface area contributed by atoms with E-state index in [0.29, 0.717) is 6.54 Å². The highest BCUT2D eigenvalue weighted by Crippen LogP contribution is 2.39. The van der Waals surface area contributed by atoms with Crippen LogP contribution in [0.15, 0.2) is 30.3 Å². The molecule has 1 aromatic carbocycles. The first-order valence-corrected chi connectivity index (χ1v) is 11.0. The molecular formula is C18H29NO2Si. The minimum absolute atomic E-state index is 0.125. The molecule has 0 aromatic heterocycles. The molecule has 1 aromatic rings. The zero-order valence-electron chi connectivity index (χ0n) is 14.7. The first kappa shape index (κ1) is 17.2. The third-order valence-electron chi connectivity index (χ3n) is 5.02. The largest absolute Gasteiger partial charge is 0.405 e. The van der Waals surface area contributed by atoms with Crippen molar-refractivity contribution in [1.82, 2.24) is 4.90 Å². The summed E-state index contributed by atoms with van der Waals surface area (Å²) in [6, 6.07) is 10.2. The zero-order chi connectivity index (χ0) is 16.5. The molecule has 2 rings (SSSR count). The van der Waals surface area contributed by atoms with Gasteiger partial charge in [0.1, 0.15) is 6.10 Å². The van der Waals surface area contributed by atoms with Gasteiger partial charge in [-0.1, -0.05) is 58.0 Å². The predicted molar refractivity (Wildman–Crippen MR) is 93.1 cm³/mol. The van der Waals surface area contributed by atoms with Crippen molar-refractivity contribution in [2.24, 2.45) is 5.92 Å². The summed E-state index contributed by atoms with van der Waals surface area (Å²) < 4.78 is 6.40. The van der Waals surface area contributed by atoms with Crippen molar-refractivity contribution in [1.29, 1.82) is 0 Å². The molecule has 1 amide bonds. The number of rotatable bonds is 4. The molecule has 1 heterocycles. The van der Waals surface area contributed by atoms with Crippen molar-refractivity contribution in [3.8, 4) is 0 Å². The quantitative estimate of drug-likeness (QED) is 0.783. The number of hydrogen-bond acceptors (Lipinski definition) is 2. The maximum absolute atomic E-state index is 12.7. The summed E-state index contributed by atoms with van der Waals surface area (Å²) >= 11 is 0. The second kappa shape index (κ2) is 6.17. The highest BCUT2D eigenvalue weighted by molar-refractivity contribution is 6.74. The van der Waals surface area contributed by atoms with E-state index in [1.165, 1.54) is 5.56 Å². The number of carbonyl (C=O) groups excluding carboxylic acids is 1. The van der Waals surface area contributed by atoms with Gasteiger partial charge in [-0.2, -0.15) is 0 Å². The molecule has 0 bridgehead atoms. The minimum Gasteiger partial charge on any atom is -0.405 e. The fraction of sp³-hybridized carbons (Fsp3) is 0.611. The lowest BCUT2D eigenvalue weighted by Crippen LogP contribution is -2.47. The topological polar surface area (TPSA) is 29.5 Å². The first-order valence-electron chi connectivity index (χ1n) is 8.12. The molecule has 1 aliphatic rings. The summed E-state index contributed by atoms with van der Waals surface area (Å²) in [5.41, 5.74) is 1.18. The predicted octanol–water partition coefficient (Wildman–Crippen LogP) is 4.06. The Morgan fingerprint density at radius 1 is 1.23 bits per heavy atom. The molecule has 22 heavy (non-hydrogen) atoms. The van der Waals surface area contributed by atoms with Crippen LogP contribution in [-0.2, 0) is 15.8 Å². The highest BCUT2D eigenvalue weighted by Gasteiger charge is 2.46. The van der Waals surface area contributed by atoms with E-state index in [2.05, 4.69) is 52.9 Å². The van der Waals surface area contributed by atoms with E-state index >= 15 is 0 Å². The number of likely N-dealkylation sites (tertiary alicyclic amines) is 1. The second-order valence-electron chi connectivity index (χ2n) is 7.98. The molecule has 1 fully saturated rings. The molecule has 3 nitrogen and oxygen atoms in total. The van der Waals surface area contributed by atoms with Gasteiger partial charge in [0.2, 0.25) is 0 Å². The van der Waals surface area contributed by atoms with Crippen LogP contribution >= 0.6 is 0 Å². The standard InChI is InChI=1S/C18H29NO2Si/c1-14-12-19(13-15-10-8-7-9-11-15)17(20)16(14)21-22(5,6)18(2,3)4/h7-11,14,16H,12-13H2,1-6H3/t14-,16-/m0/s1. The van der Waals surface area contributed by atoms with Crippen molar-refractivity contribution < 1.29 is 9.22 Å². The van der Waals surface area contributed by atoms with Gasteiger partial charge in [0.15, 0.2) is 8.32 Å². The molecule has 122 valence electrons. The summed E-state index contributed by atoms with van der Waals surface area (Å²) in [6.07, 6.45) is -0.274. The van der Waals surface area contributed by atoms with Crippen molar-refractivity contribution in [3.05, 3.63) is 35.9 Å². The Kier molecular flexibility index (Phi) is 4.83. The van der Waals surface area contributed by atoms with E-state index in [9.17, 15) is 4.79 Å². The Balaban J connectivity index is 2.08. The summed E-state index contributed by atoms with van der Waals surface area (Å²) in [5, 5.41) is 0.125. The first-order chi connectivity index (χ1) is 10.1. The monoisotopic (exact) mass is 319 g/mol. The van der Waals surface area contributed by atoms with Crippen LogP contribution in [0.3, 0.4) is 0 Å². The Labute approximate surface area is 135 Å². The molecule has 0 aliphatic carbocycles. The molecule has 0 saturated carbocycles. The Morgan fingerprint density at radius 2 is 1.82 bits per heavy atom.